The van der Waals surface area contributed by atoms with Crippen molar-refractivity contribution in [2.75, 3.05) is 6.54 Å². The van der Waals surface area contributed by atoms with Crippen LogP contribution in [0.15, 0.2) is 28.7 Å². The maximum Gasteiger partial charge on any atom is 0.148 e. The molecule has 1 N–H and O–H groups in total. The predicted molar refractivity (Wildman–Crippen MR) is 66.4 cm³/mol. The van der Waals surface area contributed by atoms with Crippen LogP contribution >= 0.6 is 28.3 Å². The molecule has 1 fully saturated rings. The third-order valence-corrected chi connectivity index (χ3v) is 3.18. The number of rotatable bonds is 1. The molecular formula is C11H13BrClNO. The van der Waals surface area contributed by atoms with E-state index >= 15 is 0 Å². The Labute approximate surface area is 104 Å². The van der Waals surface area contributed by atoms with Gasteiger partial charge in [-0.2, -0.15) is 0 Å². The van der Waals surface area contributed by atoms with Gasteiger partial charge in [0.2, 0.25) is 0 Å². The van der Waals surface area contributed by atoms with E-state index in [2.05, 4.69) is 40.3 Å². The minimum absolute atomic E-state index is 0. The monoisotopic (exact) mass is 289 g/mol. The van der Waals surface area contributed by atoms with Crippen molar-refractivity contribution in [3.63, 3.8) is 0 Å². The van der Waals surface area contributed by atoms with Crippen LogP contribution in [0.1, 0.15) is 18.9 Å². The van der Waals surface area contributed by atoms with Gasteiger partial charge in [-0.15, -0.1) is 12.4 Å². The molecule has 0 aliphatic carbocycles. The molecule has 0 amide bonds. The summed E-state index contributed by atoms with van der Waals surface area (Å²) in [6.45, 7) is 2.56. The topological polar surface area (TPSA) is 29.1 Å². The molecule has 82 valence electrons. The number of carbonyl (C=O) groups excluding carboxylic acids is 1. The molecule has 1 heterocycles. The second kappa shape index (κ2) is 4.64. The maximum absolute atomic E-state index is 11.2. The summed E-state index contributed by atoms with van der Waals surface area (Å²) in [4.78, 5) is 11.2. The van der Waals surface area contributed by atoms with Crippen LogP contribution in [0, 0.1) is 0 Å². The van der Waals surface area contributed by atoms with Crippen molar-refractivity contribution < 1.29 is 4.79 Å². The molecule has 0 bridgehead atoms. The fraction of sp³-hybridized carbons (Fsp3) is 0.364. The van der Waals surface area contributed by atoms with Crippen molar-refractivity contribution in [2.45, 2.75) is 18.9 Å². The summed E-state index contributed by atoms with van der Waals surface area (Å²) in [7, 11) is 0. The molecule has 1 aromatic rings. The molecule has 2 rings (SSSR count). The van der Waals surface area contributed by atoms with E-state index in [0.717, 1.165) is 10.0 Å². The van der Waals surface area contributed by atoms with Crippen molar-refractivity contribution in [3.05, 3.63) is 34.3 Å². The Hall–Kier alpha value is -0.380. The summed E-state index contributed by atoms with van der Waals surface area (Å²) in [6, 6.07) is 8.10. The zero-order chi connectivity index (χ0) is 10.2. The molecule has 0 radical (unpaired) electrons. The lowest BCUT2D eigenvalue weighted by molar-refractivity contribution is -0.116. The molecule has 0 saturated carbocycles. The van der Waals surface area contributed by atoms with E-state index in [-0.39, 0.29) is 23.7 Å². The minimum Gasteiger partial charge on any atom is -0.300 e. The van der Waals surface area contributed by atoms with Gasteiger partial charge in [0, 0.05) is 16.4 Å². The summed E-state index contributed by atoms with van der Waals surface area (Å²) in [6.07, 6.45) is 0.587. The zero-order valence-corrected chi connectivity index (χ0v) is 10.8. The summed E-state index contributed by atoms with van der Waals surface area (Å²) in [5.41, 5.74) is 0.985. The molecule has 4 heteroatoms. The van der Waals surface area contributed by atoms with Crippen LogP contribution in [0.25, 0.3) is 0 Å². The number of ketones is 1. The molecule has 1 aliphatic heterocycles. The van der Waals surface area contributed by atoms with Crippen LogP contribution in [0.2, 0.25) is 0 Å². The van der Waals surface area contributed by atoms with E-state index in [1.807, 2.05) is 12.1 Å². The summed E-state index contributed by atoms with van der Waals surface area (Å²) < 4.78 is 1.05. The minimum atomic E-state index is -0.180. The fourth-order valence-corrected chi connectivity index (χ4v) is 2.25. The second-order valence-corrected chi connectivity index (χ2v) is 4.83. The van der Waals surface area contributed by atoms with Crippen molar-refractivity contribution in [1.82, 2.24) is 5.32 Å². The predicted octanol–water partition coefficient (Wildman–Crippen LogP) is 2.65. The number of nitrogens with one attached hydrogen (secondary N) is 1. The molecule has 0 spiro atoms. The number of benzene rings is 1. The largest absolute Gasteiger partial charge is 0.300 e. The number of Topliss-reactive ketones (excluding diaryl/α,β-unsaturated/α-hetero) is 1. The lowest BCUT2D eigenvalue weighted by atomic mass is 9.90. The normalized spacial score (nSPS) is 25.1. The average Bonchev–Trinajstić information content (AvgIpc) is 2.48. The van der Waals surface area contributed by atoms with Crippen LogP contribution in [-0.2, 0) is 10.3 Å². The van der Waals surface area contributed by atoms with Gasteiger partial charge in [-0.1, -0.05) is 28.1 Å². The van der Waals surface area contributed by atoms with E-state index in [1.165, 1.54) is 0 Å². The van der Waals surface area contributed by atoms with Gasteiger partial charge < -0.3 is 5.32 Å². The number of hydrogen-bond acceptors (Lipinski definition) is 2. The number of halogens is 2. The molecular weight excluding hydrogens is 277 g/mol. The first-order chi connectivity index (χ1) is 6.60. The van der Waals surface area contributed by atoms with Crippen LogP contribution in [0.4, 0.5) is 0 Å². The third-order valence-electron chi connectivity index (χ3n) is 2.69. The molecule has 1 aliphatic rings. The Morgan fingerprint density at radius 3 is 2.73 bits per heavy atom. The average molecular weight is 291 g/mol. The molecule has 0 aromatic heterocycles. The first kappa shape index (κ1) is 12.7. The quantitative estimate of drug-likeness (QED) is 0.861. The van der Waals surface area contributed by atoms with Crippen LogP contribution < -0.4 is 5.32 Å². The van der Waals surface area contributed by atoms with E-state index in [4.69, 9.17) is 0 Å². The molecule has 1 atom stereocenters. The van der Waals surface area contributed by atoms with E-state index in [0.29, 0.717) is 13.0 Å². The first-order valence-electron chi connectivity index (χ1n) is 4.63. The Balaban J connectivity index is 0.00000112. The highest BCUT2D eigenvalue weighted by atomic mass is 79.9. The lowest BCUT2D eigenvalue weighted by Crippen LogP contribution is -2.32. The lowest BCUT2D eigenvalue weighted by Gasteiger charge is -2.24. The molecule has 15 heavy (non-hydrogen) atoms. The molecule has 1 unspecified atom stereocenters. The fourth-order valence-electron chi connectivity index (χ4n) is 1.85. The Kier molecular flexibility index (Phi) is 3.93. The van der Waals surface area contributed by atoms with Gasteiger partial charge >= 0.3 is 0 Å². The SMILES string of the molecule is CC1(c2cccc(Br)c2)CC(=O)CN1.Cl. The van der Waals surface area contributed by atoms with Gasteiger partial charge in [0.25, 0.3) is 0 Å². The number of hydrogen-bond donors (Lipinski definition) is 1. The van der Waals surface area contributed by atoms with Crippen molar-refractivity contribution in [1.29, 1.82) is 0 Å². The van der Waals surface area contributed by atoms with Gasteiger partial charge in [-0.3, -0.25) is 4.79 Å². The summed E-state index contributed by atoms with van der Waals surface area (Å²) in [5, 5.41) is 3.26. The summed E-state index contributed by atoms with van der Waals surface area (Å²) >= 11 is 3.44. The van der Waals surface area contributed by atoms with Crippen molar-refractivity contribution >= 4 is 34.1 Å². The van der Waals surface area contributed by atoms with E-state index in [1.54, 1.807) is 0 Å². The van der Waals surface area contributed by atoms with Gasteiger partial charge in [-0.25, -0.2) is 0 Å². The van der Waals surface area contributed by atoms with Crippen LogP contribution in [0.3, 0.4) is 0 Å². The highest BCUT2D eigenvalue weighted by molar-refractivity contribution is 9.10. The Morgan fingerprint density at radius 2 is 2.20 bits per heavy atom. The second-order valence-electron chi connectivity index (χ2n) is 3.91. The van der Waals surface area contributed by atoms with Gasteiger partial charge in [0.1, 0.15) is 5.78 Å². The maximum atomic E-state index is 11.2. The van der Waals surface area contributed by atoms with Crippen LogP contribution in [0.5, 0.6) is 0 Å². The molecule has 1 saturated heterocycles. The third kappa shape index (κ3) is 2.60. The standard InChI is InChI=1S/C11H12BrNO.ClH/c1-11(6-10(14)7-13-11)8-3-2-4-9(12)5-8;/h2-5,13H,6-7H2,1H3;1H. The first-order valence-corrected chi connectivity index (χ1v) is 5.42. The van der Waals surface area contributed by atoms with Crippen LogP contribution in [-0.4, -0.2) is 12.3 Å². The summed E-state index contributed by atoms with van der Waals surface area (Å²) in [5.74, 6) is 0.285. The van der Waals surface area contributed by atoms with E-state index in [9.17, 15) is 4.79 Å². The highest BCUT2D eigenvalue weighted by Gasteiger charge is 2.34. The Morgan fingerprint density at radius 1 is 1.47 bits per heavy atom. The number of carbonyl (C=O) groups is 1. The highest BCUT2D eigenvalue weighted by Crippen LogP contribution is 2.30. The Bertz CT molecular complexity index is 383. The smallest absolute Gasteiger partial charge is 0.148 e. The van der Waals surface area contributed by atoms with Crippen molar-refractivity contribution in [2.24, 2.45) is 0 Å². The van der Waals surface area contributed by atoms with Gasteiger partial charge in [-0.05, 0) is 24.6 Å². The van der Waals surface area contributed by atoms with Crippen molar-refractivity contribution in [3.8, 4) is 0 Å². The molecule has 1 aromatic carbocycles. The van der Waals surface area contributed by atoms with E-state index < -0.39 is 0 Å². The van der Waals surface area contributed by atoms with Gasteiger partial charge in [0.15, 0.2) is 0 Å². The molecule has 2 nitrogen and oxygen atoms in total. The van der Waals surface area contributed by atoms with Gasteiger partial charge in [0.05, 0.1) is 6.54 Å². The zero-order valence-electron chi connectivity index (χ0n) is 8.42.